The first-order valence-corrected chi connectivity index (χ1v) is 7.62. The summed E-state index contributed by atoms with van der Waals surface area (Å²) in [4.78, 5) is 4.45. The summed E-state index contributed by atoms with van der Waals surface area (Å²) in [6.07, 6.45) is 3.15. The number of hydrogen-bond donors (Lipinski definition) is 2. The highest BCUT2D eigenvalue weighted by atomic mass is 32.1. The monoisotopic (exact) mass is 269 g/mol. The van der Waals surface area contributed by atoms with E-state index in [4.69, 9.17) is 5.73 Å². The summed E-state index contributed by atoms with van der Waals surface area (Å²) < 4.78 is 0. The summed E-state index contributed by atoms with van der Waals surface area (Å²) >= 11 is 1.72. The summed E-state index contributed by atoms with van der Waals surface area (Å²) in [7, 11) is 0. The van der Waals surface area contributed by atoms with E-state index in [0.29, 0.717) is 11.5 Å². The number of nitrogens with one attached hydrogen (secondary N) is 1. The van der Waals surface area contributed by atoms with Crippen molar-refractivity contribution in [2.75, 3.05) is 13.1 Å². The van der Waals surface area contributed by atoms with Crippen LogP contribution in [0.25, 0.3) is 0 Å². The molecule has 3 nitrogen and oxygen atoms in total. The molecule has 0 fully saturated rings. The van der Waals surface area contributed by atoms with E-state index in [0.717, 1.165) is 37.4 Å². The van der Waals surface area contributed by atoms with Gasteiger partial charge in [0, 0.05) is 24.4 Å². The molecule has 1 aromatic rings. The van der Waals surface area contributed by atoms with Gasteiger partial charge in [-0.2, -0.15) is 0 Å². The molecule has 1 aromatic heterocycles. The van der Waals surface area contributed by atoms with Crippen molar-refractivity contribution in [3.8, 4) is 0 Å². The van der Waals surface area contributed by atoms with Gasteiger partial charge in [-0.3, -0.25) is 0 Å². The van der Waals surface area contributed by atoms with Crippen molar-refractivity contribution in [3.05, 3.63) is 16.1 Å². The molecule has 0 saturated heterocycles. The van der Waals surface area contributed by atoms with Crippen molar-refractivity contribution in [3.63, 3.8) is 0 Å². The second-order valence-electron chi connectivity index (χ2n) is 6.17. The SMILES string of the molecule is Cc1nc(CCNCCC(N)CC(C)(C)C)cs1. The Morgan fingerprint density at radius 3 is 2.67 bits per heavy atom. The zero-order valence-electron chi connectivity index (χ0n) is 12.1. The second-order valence-corrected chi connectivity index (χ2v) is 7.23. The van der Waals surface area contributed by atoms with Gasteiger partial charge in [-0.1, -0.05) is 20.8 Å². The predicted octanol–water partition coefficient (Wildman–Crippen LogP) is 2.74. The predicted molar refractivity (Wildman–Crippen MR) is 80.1 cm³/mol. The number of hydrogen-bond acceptors (Lipinski definition) is 4. The summed E-state index contributed by atoms with van der Waals surface area (Å²) in [5.41, 5.74) is 7.63. The molecular formula is C14H27N3S. The number of rotatable bonds is 7. The Kier molecular flexibility index (Phi) is 6.26. The summed E-state index contributed by atoms with van der Waals surface area (Å²) in [5.74, 6) is 0. The van der Waals surface area contributed by atoms with E-state index in [9.17, 15) is 0 Å². The Hall–Kier alpha value is -0.450. The van der Waals surface area contributed by atoms with Crippen LogP contribution in [-0.4, -0.2) is 24.1 Å². The third-order valence-electron chi connectivity index (χ3n) is 2.79. The van der Waals surface area contributed by atoms with Gasteiger partial charge in [-0.05, 0) is 31.7 Å². The van der Waals surface area contributed by atoms with Gasteiger partial charge in [0.05, 0.1) is 10.7 Å². The molecule has 0 aliphatic heterocycles. The molecule has 104 valence electrons. The average Bonchev–Trinajstić information content (AvgIpc) is 2.61. The van der Waals surface area contributed by atoms with Crippen LogP contribution in [0.2, 0.25) is 0 Å². The molecular weight excluding hydrogens is 242 g/mol. The van der Waals surface area contributed by atoms with Crippen LogP contribution < -0.4 is 11.1 Å². The van der Waals surface area contributed by atoms with Crippen LogP contribution in [0.4, 0.5) is 0 Å². The maximum absolute atomic E-state index is 6.11. The molecule has 0 radical (unpaired) electrons. The lowest BCUT2D eigenvalue weighted by atomic mass is 9.87. The lowest BCUT2D eigenvalue weighted by Gasteiger charge is -2.23. The van der Waals surface area contributed by atoms with Crippen LogP contribution in [0.3, 0.4) is 0 Å². The van der Waals surface area contributed by atoms with Crippen molar-refractivity contribution >= 4 is 11.3 Å². The second kappa shape index (κ2) is 7.22. The third kappa shape index (κ3) is 7.09. The van der Waals surface area contributed by atoms with Gasteiger partial charge >= 0.3 is 0 Å². The summed E-state index contributed by atoms with van der Waals surface area (Å²) in [5, 5.41) is 6.74. The van der Waals surface area contributed by atoms with Gasteiger partial charge in [0.15, 0.2) is 0 Å². The smallest absolute Gasteiger partial charge is 0.0897 e. The normalized spacial score (nSPS) is 13.8. The molecule has 0 bridgehead atoms. The van der Waals surface area contributed by atoms with E-state index in [1.807, 2.05) is 6.92 Å². The van der Waals surface area contributed by atoms with Crippen LogP contribution >= 0.6 is 11.3 Å². The van der Waals surface area contributed by atoms with Crippen LogP contribution in [0, 0.1) is 12.3 Å². The van der Waals surface area contributed by atoms with Crippen molar-refractivity contribution in [2.24, 2.45) is 11.1 Å². The molecule has 0 aliphatic carbocycles. The van der Waals surface area contributed by atoms with Crippen LogP contribution in [0.5, 0.6) is 0 Å². The number of aromatic nitrogens is 1. The molecule has 0 aromatic carbocycles. The molecule has 0 amide bonds. The molecule has 1 atom stereocenters. The minimum absolute atomic E-state index is 0.305. The Balaban J connectivity index is 2.05. The fourth-order valence-corrected chi connectivity index (χ4v) is 2.69. The highest BCUT2D eigenvalue weighted by molar-refractivity contribution is 7.09. The zero-order chi connectivity index (χ0) is 13.6. The molecule has 0 saturated carbocycles. The molecule has 3 N–H and O–H groups in total. The molecule has 0 spiro atoms. The first-order chi connectivity index (χ1) is 8.37. The van der Waals surface area contributed by atoms with Crippen LogP contribution in [0.1, 0.15) is 44.3 Å². The number of aryl methyl sites for hydroxylation is 1. The van der Waals surface area contributed by atoms with Crippen LogP contribution in [-0.2, 0) is 6.42 Å². The zero-order valence-corrected chi connectivity index (χ0v) is 12.9. The van der Waals surface area contributed by atoms with Gasteiger partial charge in [0.25, 0.3) is 0 Å². The highest BCUT2D eigenvalue weighted by Gasteiger charge is 2.14. The van der Waals surface area contributed by atoms with Gasteiger partial charge in [0.2, 0.25) is 0 Å². The van der Waals surface area contributed by atoms with Crippen molar-refractivity contribution < 1.29 is 0 Å². The topological polar surface area (TPSA) is 50.9 Å². The first kappa shape index (κ1) is 15.6. The first-order valence-electron chi connectivity index (χ1n) is 6.74. The van der Waals surface area contributed by atoms with Crippen molar-refractivity contribution in [2.45, 2.75) is 53.0 Å². The van der Waals surface area contributed by atoms with Crippen molar-refractivity contribution in [1.29, 1.82) is 0 Å². The van der Waals surface area contributed by atoms with Gasteiger partial charge < -0.3 is 11.1 Å². The molecule has 1 unspecified atom stereocenters. The highest BCUT2D eigenvalue weighted by Crippen LogP contribution is 2.20. The lowest BCUT2D eigenvalue weighted by Crippen LogP contribution is -2.31. The fraction of sp³-hybridized carbons (Fsp3) is 0.786. The lowest BCUT2D eigenvalue weighted by molar-refractivity contribution is 0.329. The largest absolute Gasteiger partial charge is 0.328 e. The summed E-state index contributed by atoms with van der Waals surface area (Å²) in [6, 6.07) is 0.305. The Labute approximate surface area is 115 Å². The third-order valence-corrected chi connectivity index (χ3v) is 3.61. The molecule has 1 rings (SSSR count). The Bertz CT molecular complexity index is 341. The molecule has 0 aliphatic rings. The van der Waals surface area contributed by atoms with E-state index in [1.165, 1.54) is 5.69 Å². The van der Waals surface area contributed by atoms with Gasteiger partial charge in [-0.15, -0.1) is 11.3 Å². The number of thiazole rings is 1. The molecule has 18 heavy (non-hydrogen) atoms. The molecule has 4 heteroatoms. The van der Waals surface area contributed by atoms with E-state index in [2.05, 4.69) is 36.5 Å². The summed E-state index contributed by atoms with van der Waals surface area (Å²) in [6.45, 7) is 10.8. The van der Waals surface area contributed by atoms with Crippen LogP contribution in [0.15, 0.2) is 5.38 Å². The number of nitrogens with zero attached hydrogens (tertiary/aromatic N) is 1. The minimum atomic E-state index is 0.305. The molecule has 1 heterocycles. The van der Waals surface area contributed by atoms with Crippen molar-refractivity contribution in [1.82, 2.24) is 10.3 Å². The van der Waals surface area contributed by atoms with Gasteiger partial charge in [-0.25, -0.2) is 4.98 Å². The fourth-order valence-electron chi connectivity index (χ4n) is 2.04. The standard InChI is InChI=1S/C14H27N3S/c1-11-17-13(10-18-11)6-8-16-7-5-12(15)9-14(2,3)4/h10,12,16H,5-9,15H2,1-4H3. The van der Waals surface area contributed by atoms with E-state index < -0.39 is 0 Å². The number of nitrogens with two attached hydrogens (primary N) is 1. The minimum Gasteiger partial charge on any atom is -0.328 e. The maximum atomic E-state index is 6.11. The quantitative estimate of drug-likeness (QED) is 0.748. The van der Waals surface area contributed by atoms with E-state index >= 15 is 0 Å². The maximum Gasteiger partial charge on any atom is 0.0897 e. The van der Waals surface area contributed by atoms with E-state index in [1.54, 1.807) is 11.3 Å². The Morgan fingerprint density at radius 2 is 2.11 bits per heavy atom. The van der Waals surface area contributed by atoms with Gasteiger partial charge in [0.1, 0.15) is 0 Å². The van der Waals surface area contributed by atoms with E-state index in [-0.39, 0.29) is 0 Å². The average molecular weight is 269 g/mol. The Morgan fingerprint density at radius 1 is 1.39 bits per heavy atom.